The van der Waals surface area contributed by atoms with Gasteiger partial charge in [-0.2, -0.15) is 0 Å². The van der Waals surface area contributed by atoms with Crippen molar-refractivity contribution in [2.75, 3.05) is 13.1 Å². The third kappa shape index (κ3) is 4.37. The maximum absolute atomic E-state index is 12.3. The summed E-state index contributed by atoms with van der Waals surface area (Å²) in [6, 6.07) is 5.37. The van der Waals surface area contributed by atoms with E-state index in [0.29, 0.717) is 34.6 Å². The molecule has 0 radical (unpaired) electrons. The molecule has 2 heterocycles. The normalized spacial score (nSPS) is 17.5. The molecule has 0 spiro atoms. The summed E-state index contributed by atoms with van der Waals surface area (Å²) in [6.07, 6.45) is 3.64. The Balaban J connectivity index is 1.49. The van der Waals surface area contributed by atoms with Crippen molar-refractivity contribution in [3.8, 4) is 5.19 Å². The second-order valence-electron chi connectivity index (χ2n) is 5.40. The number of amides is 1. The number of rotatable bonds is 5. The topological polar surface area (TPSA) is 42.4 Å². The third-order valence-corrected chi connectivity index (χ3v) is 5.05. The Morgan fingerprint density at radius 2 is 2.30 bits per heavy atom. The van der Waals surface area contributed by atoms with Crippen molar-refractivity contribution in [1.82, 2.24) is 9.88 Å². The Morgan fingerprint density at radius 1 is 1.43 bits per heavy atom. The van der Waals surface area contributed by atoms with Crippen LogP contribution in [0.15, 0.2) is 29.8 Å². The molecule has 7 heteroatoms. The molecule has 1 atom stereocenters. The first-order chi connectivity index (χ1) is 11.1. The van der Waals surface area contributed by atoms with E-state index in [1.165, 1.54) is 11.3 Å². The fraction of sp³-hybridized carbons (Fsp3) is 0.375. The predicted molar refractivity (Wildman–Crippen MR) is 92.5 cm³/mol. The standard InChI is InChI=1S/C16H16Cl2N2O2S/c17-12-3-1-11(14(18)9-12)2-4-15(21)20-7-5-13(10-20)22-16-19-6-8-23-16/h1,3,6,8-9,13H,2,4-5,7,10H2. The van der Waals surface area contributed by atoms with Crippen LogP contribution in [-0.4, -0.2) is 35.0 Å². The number of aryl methyl sites for hydroxylation is 1. The number of likely N-dealkylation sites (tertiary alicyclic amines) is 1. The minimum absolute atomic E-state index is 0.0317. The summed E-state index contributed by atoms with van der Waals surface area (Å²) in [4.78, 5) is 18.3. The quantitative estimate of drug-likeness (QED) is 0.796. The van der Waals surface area contributed by atoms with Crippen molar-refractivity contribution in [2.45, 2.75) is 25.4 Å². The fourth-order valence-electron chi connectivity index (χ4n) is 2.59. The highest BCUT2D eigenvalue weighted by Crippen LogP contribution is 2.24. The molecule has 23 heavy (non-hydrogen) atoms. The highest BCUT2D eigenvalue weighted by molar-refractivity contribution is 7.11. The van der Waals surface area contributed by atoms with Crippen molar-refractivity contribution >= 4 is 40.4 Å². The van der Waals surface area contributed by atoms with E-state index in [0.717, 1.165) is 18.5 Å². The fourth-order valence-corrected chi connectivity index (χ4v) is 3.64. The maximum Gasteiger partial charge on any atom is 0.273 e. The van der Waals surface area contributed by atoms with Crippen LogP contribution in [0.1, 0.15) is 18.4 Å². The molecule has 4 nitrogen and oxygen atoms in total. The summed E-state index contributed by atoms with van der Waals surface area (Å²) in [5.41, 5.74) is 0.944. The number of benzene rings is 1. The zero-order valence-electron chi connectivity index (χ0n) is 12.4. The van der Waals surface area contributed by atoms with Crippen molar-refractivity contribution in [3.63, 3.8) is 0 Å². The number of hydrogen-bond acceptors (Lipinski definition) is 4. The van der Waals surface area contributed by atoms with Crippen LogP contribution in [0.2, 0.25) is 10.0 Å². The lowest BCUT2D eigenvalue weighted by atomic mass is 10.1. The van der Waals surface area contributed by atoms with E-state index in [-0.39, 0.29) is 12.0 Å². The summed E-state index contributed by atoms with van der Waals surface area (Å²) in [5, 5.41) is 3.75. The van der Waals surface area contributed by atoms with Gasteiger partial charge in [-0.05, 0) is 24.1 Å². The number of halogens is 2. The monoisotopic (exact) mass is 370 g/mol. The molecule has 3 rings (SSSR count). The third-order valence-electron chi connectivity index (χ3n) is 3.80. The smallest absolute Gasteiger partial charge is 0.273 e. The molecule has 1 amide bonds. The summed E-state index contributed by atoms with van der Waals surface area (Å²) in [6.45, 7) is 1.34. The van der Waals surface area contributed by atoms with Gasteiger partial charge in [-0.1, -0.05) is 40.6 Å². The number of hydrogen-bond donors (Lipinski definition) is 0. The van der Waals surface area contributed by atoms with Gasteiger partial charge in [0, 0.05) is 41.0 Å². The van der Waals surface area contributed by atoms with Crippen LogP contribution >= 0.6 is 34.5 Å². The Hall–Kier alpha value is -1.30. The molecule has 0 aliphatic carbocycles. The van der Waals surface area contributed by atoms with Crippen molar-refractivity contribution < 1.29 is 9.53 Å². The van der Waals surface area contributed by atoms with Gasteiger partial charge in [-0.25, -0.2) is 4.98 Å². The number of carbonyl (C=O) groups is 1. The first-order valence-corrected chi connectivity index (χ1v) is 9.03. The van der Waals surface area contributed by atoms with E-state index in [1.807, 2.05) is 16.3 Å². The summed E-state index contributed by atoms with van der Waals surface area (Å²) >= 11 is 13.5. The lowest BCUT2D eigenvalue weighted by molar-refractivity contribution is -0.130. The van der Waals surface area contributed by atoms with Crippen LogP contribution in [0.3, 0.4) is 0 Å². The van der Waals surface area contributed by atoms with Gasteiger partial charge >= 0.3 is 0 Å². The number of aromatic nitrogens is 1. The van der Waals surface area contributed by atoms with E-state index >= 15 is 0 Å². The molecule has 0 bridgehead atoms. The Bertz CT molecular complexity index is 679. The van der Waals surface area contributed by atoms with Crippen LogP contribution in [0, 0.1) is 0 Å². The average molecular weight is 371 g/mol. The highest BCUT2D eigenvalue weighted by atomic mass is 35.5. The Labute approximate surface area is 149 Å². The van der Waals surface area contributed by atoms with E-state index in [2.05, 4.69) is 4.98 Å². The molecule has 2 aromatic rings. The summed E-state index contributed by atoms with van der Waals surface area (Å²) in [5.74, 6) is 0.126. The summed E-state index contributed by atoms with van der Waals surface area (Å²) < 4.78 is 5.77. The molecular weight excluding hydrogens is 355 g/mol. The second-order valence-corrected chi connectivity index (χ2v) is 7.10. The van der Waals surface area contributed by atoms with Crippen molar-refractivity contribution in [3.05, 3.63) is 45.4 Å². The molecule has 1 saturated heterocycles. The van der Waals surface area contributed by atoms with Gasteiger partial charge in [0.2, 0.25) is 5.91 Å². The number of thiazole rings is 1. The number of carbonyl (C=O) groups excluding carboxylic acids is 1. The largest absolute Gasteiger partial charge is 0.465 e. The Kier molecular flexibility index (Phi) is 5.41. The molecule has 122 valence electrons. The lowest BCUT2D eigenvalue weighted by Crippen LogP contribution is -2.31. The van der Waals surface area contributed by atoms with Gasteiger partial charge in [0.05, 0.1) is 6.54 Å². The van der Waals surface area contributed by atoms with E-state index < -0.39 is 0 Å². The lowest BCUT2D eigenvalue weighted by Gasteiger charge is -2.16. The maximum atomic E-state index is 12.3. The molecule has 1 fully saturated rings. The first kappa shape index (κ1) is 16.6. The van der Waals surface area contributed by atoms with Gasteiger partial charge in [-0.3, -0.25) is 4.79 Å². The molecule has 0 saturated carbocycles. The molecule has 1 aromatic heterocycles. The van der Waals surface area contributed by atoms with E-state index in [9.17, 15) is 4.79 Å². The Morgan fingerprint density at radius 3 is 3.04 bits per heavy atom. The molecule has 1 aromatic carbocycles. The van der Waals surface area contributed by atoms with E-state index in [1.54, 1.807) is 18.3 Å². The van der Waals surface area contributed by atoms with Crippen molar-refractivity contribution in [1.29, 1.82) is 0 Å². The average Bonchev–Trinajstić information content (AvgIpc) is 3.18. The molecule has 1 aliphatic rings. The molecule has 1 aliphatic heterocycles. The van der Waals surface area contributed by atoms with E-state index in [4.69, 9.17) is 27.9 Å². The van der Waals surface area contributed by atoms with Gasteiger partial charge < -0.3 is 9.64 Å². The molecular formula is C16H16Cl2N2O2S. The summed E-state index contributed by atoms with van der Waals surface area (Å²) in [7, 11) is 0. The van der Waals surface area contributed by atoms with Crippen molar-refractivity contribution in [2.24, 2.45) is 0 Å². The minimum Gasteiger partial charge on any atom is -0.465 e. The van der Waals surface area contributed by atoms with Crippen LogP contribution in [0.25, 0.3) is 0 Å². The number of nitrogens with zero attached hydrogens (tertiary/aromatic N) is 2. The molecule has 0 N–H and O–H groups in total. The van der Waals surface area contributed by atoms with Gasteiger partial charge in [0.25, 0.3) is 5.19 Å². The van der Waals surface area contributed by atoms with Gasteiger partial charge in [0.15, 0.2) is 0 Å². The SMILES string of the molecule is O=C(CCc1ccc(Cl)cc1Cl)N1CCC(Oc2nccs2)C1. The van der Waals surface area contributed by atoms with Gasteiger partial charge in [-0.15, -0.1) is 0 Å². The van der Waals surface area contributed by atoms with Crippen LogP contribution in [0.4, 0.5) is 0 Å². The first-order valence-electron chi connectivity index (χ1n) is 7.39. The highest BCUT2D eigenvalue weighted by Gasteiger charge is 2.27. The zero-order chi connectivity index (χ0) is 16.2. The van der Waals surface area contributed by atoms with Crippen LogP contribution in [-0.2, 0) is 11.2 Å². The minimum atomic E-state index is 0.0317. The molecule has 1 unspecified atom stereocenters. The second kappa shape index (κ2) is 7.51. The number of ether oxygens (including phenoxy) is 1. The predicted octanol–water partition coefficient (Wildman–Crippen LogP) is 4.06. The van der Waals surface area contributed by atoms with Crippen LogP contribution < -0.4 is 4.74 Å². The zero-order valence-corrected chi connectivity index (χ0v) is 14.7. The van der Waals surface area contributed by atoms with Crippen LogP contribution in [0.5, 0.6) is 5.19 Å². The van der Waals surface area contributed by atoms with Gasteiger partial charge in [0.1, 0.15) is 6.10 Å².